The van der Waals surface area contributed by atoms with E-state index >= 15 is 0 Å². The van der Waals surface area contributed by atoms with Crippen molar-refractivity contribution in [2.45, 2.75) is 0 Å². The lowest BCUT2D eigenvalue weighted by Crippen LogP contribution is -2.11. The maximum atomic E-state index is 6.55. The van der Waals surface area contributed by atoms with Crippen LogP contribution < -0.4 is 4.90 Å². The van der Waals surface area contributed by atoms with E-state index in [1.54, 1.807) is 0 Å². The molecule has 8 aromatic carbocycles. The first-order valence-electron chi connectivity index (χ1n) is 16.6. The fourth-order valence-corrected chi connectivity index (χ4v) is 8.46. The molecule has 3 heteroatoms. The molecule has 0 amide bonds. The number of nitrogens with zero attached hydrogens (tertiary/aromatic N) is 1. The SMILES string of the molecule is c1ccc(N(c2ccc(-c3ccc4sc5ccccc5c4c3)cc2)c2cccc3ccccc23)c(-c2cccc3c2oc2ccccc23)c1. The van der Waals surface area contributed by atoms with Gasteiger partial charge in [0, 0.05) is 53.1 Å². The van der Waals surface area contributed by atoms with Crippen LogP contribution in [0.2, 0.25) is 0 Å². The Hall–Kier alpha value is -6.16. The molecule has 10 rings (SSSR count). The van der Waals surface area contributed by atoms with Gasteiger partial charge < -0.3 is 9.32 Å². The van der Waals surface area contributed by atoms with Gasteiger partial charge >= 0.3 is 0 Å². The van der Waals surface area contributed by atoms with Crippen molar-refractivity contribution in [3.63, 3.8) is 0 Å². The van der Waals surface area contributed by atoms with Gasteiger partial charge in [0.15, 0.2) is 0 Å². The van der Waals surface area contributed by atoms with Crippen molar-refractivity contribution in [3.8, 4) is 22.3 Å². The lowest BCUT2D eigenvalue weighted by Gasteiger charge is -2.29. The fraction of sp³-hybridized carbons (Fsp3) is 0. The minimum Gasteiger partial charge on any atom is -0.455 e. The van der Waals surface area contributed by atoms with Crippen LogP contribution in [0.4, 0.5) is 17.1 Å². The maximum absolute atomic E-state index is 6.55. The summed E-state index contributed by atoms with van der Waals surface area (Å²) in [5.41, 5.74) is 9.70. The minimum atomic E-state index is 0.901. The summed E-state index contributed by atoms with van der Waals surface area (Å²) in [7, 11) is 0. The minimum absolute atomic E-state index is 0.901. The number of thiophene rings is 1. The Balaban J connectivity index is 1.16. The van der Waals surface area contributed by atoms with Crippen molar-refractivity contribution in [1.29, 1.82) is 0 Å². The summed E-state index contributed by atoms with van der Waals surface area (Å²) < 4.78 is 9.20. The molecule has 0 aliphatic heterocycles. The number of para-hydroxylation sites is 3. The molecular formula is C46H29NOS. The quantitative estimate of drug-likeness (QED) is 0.186. The summed E-state index contributed by atoms with van der Waals surface area (Å²) in [4.78, 5) is 2.40. The van der Waals surface area contributed by atoms with Crippen molar-refractivity contribution in [3.05, 3.63) is 176 Å². The summed E-state index contributed by atoms with van der Waals surface area (Å²) in [6.07, 6.45) is 0. The number of rotatable bonds is 5. The van der Waals surface area contributed by atoms with Crippen LogP contribution in [-0.2, 0) is 0 Å². The Kier molecular flexibility index (Phi) is 6.39. The maximum Gasteiger partial charge on any atom is 0.143 e. The lowest BCUT2D eigenvalue weighted by molar-refractivity contribution is 0.670. The lowest BCUT2D eigenvalue weighted by atomic mass is 9.98. The normalized spacial score (nSPS) is 11.7. The third-order valence-electron chi connectivity index (χ3n) is 9.68. The van der Waals surface area contributed by atoms with E-state index in [9.17, 15) is 0 Å². The highest BCUT2D eigenvalue weighted by Crippen LogP contribution is 2.46. The Morgan fingerprint density at radius 3 is 1.96 bits per heavy atom. The largest absolute Gasteiger partial charge is 0.455 e. The molecule has 2 heterocycles. The van der Waals surface area contributed by atoms with Crippen LogP contribution in [-0.4, -0.2) is 0 Å². The number of benzene rings is 8. The number of hydrogen-bond acceptors (Lipinski definition) is 3. The molecule has 49 heavy (non-hydrogen) atoms. The number of furan rings is 1. The summed E-state index contributed by atoms with van der Waals surface area (Å²) >= 11 is 1.86. The Labute approximate surface area is 287 Å². The van der Waals surface area contributed by atoms with Crippen molar-refractivity contribution in [1.82, 2.24) is 0 Å². The standard InChI is InChI=1S/C46H29NOS/c1-2-13-34-31(11-1)12-9-20-41(34)47(33-26-23-30(24-27-33)32-25-28-45-40(29-32)37-16-5-8-22-44(37)49-45)42-19-6-3-14-35(42)38-17-10-18-39-36-15-4-7-21-43(36)48-46(38)39/h1-29H. The predicted octanol–water partition coefficient (Wildman–Crippen LogP) is 13.9. The Morgan fingerprint density at radius 1 is 0.408 bits per heavy atom. The monoisotopic (exact) mass is 643 g/mol. The molecule has 0 saturated heterocycles. The van der Waals surface area contributed by atoms with Gasteiger partial charge in [-0.1, -0.05) is 127 Å². The first kappa shape index (κ1) is 27.9. The van der Waals surface area contributed by atoms with E-state index in [0.717, 1.165) is 50.1 Å². The zero-order chi connectivity index (χ0) is 32.3. The van der Waals surface area contributed by atoms with Gasteiger partial charge in [0.1, 0.15) is 11.2 Å². The van der Waals surface area contributed by atoms with Crippen LogP contribution in [0.1, 0.15) is 0 Å². The van der Waals surface area contributed by atoms with E-state index in [-0.39, 0.29) is 0 Å². The van der Waals surface area contributed by atoms with Gasteiger partial charge in [-0.3, -0.25) is 0 Å². The molecule has 10 aromatic rings. The van der Waals surface area contributed by atoms with Gasteiger partial charge in [-0.25, -0.2) is 0 Å². The molecule has 0 aliphatic rings. The molecule has 0 aliphatic carbocycles. The molecule has 0 N–H and O–H groups in total. The van der Waals surface area contributed by atoms with Gasteiger partial charge in [0.05, 0.1) is 11.4 Å². The van der Waals surface area contributed by atoms with E-state index in [2.05, 4.69) is 169 Å². The summed E-state index contributed by atoms with van der Waals surface area (Å²) in [6, 6.07) is 63.2. The second-order valence-corrected chi connectivity index (χ2v) is 13.6. The summed E-state index contributed by atoms with van der Waals surface area (Å²) in [5, 5.41) is 7.29. The fourth-order valence-electron chi connectivity index (χ4n) is 7.38. The topological polar surface area (TPSA) is 16.4 Å². The molecule has 0 saturated carbocycles. The van der Waals surface area contributed by atoms with Gasteiger partial charge in [-0.15, -0.1) is 11.3 Å². The van der Waals surface area contributed by atoms with Crippen LogP contribution in [0.5, 0.6) is 0 Å². The number of fused-ring (bicyclic) bond motifs is 7. The average molecular weight is 644 g/mol. The molecule has 2 nitrogen and oxygen atoms in total. The van der Waals surface area contributed by atoms with Crippen molar-refractivity contribution < 1.29 is 4.42 Å². The Bertz CT molecular complexity index is 2840. The van der Waals surface area contributed by atoms with Crippen molar-refractivity contribution in [2.75, 3.05) is 4.90 Å². The molecule has 2 aromatic heterocycles. The predicted molar refractivity (Wildman–Crippen MR) is 210 cm³/mol. The number of anilines is 3. The van der Waals surface area contributed by atoms with Gasteiger partial charge in [0.25, 0.3) is 0 Å². The molecule has 0 atom stereocenters. The molecule has 0 radical (unpaired) electrons. The van der Waals surface area contributed by atoms with Gasteiger partial charge in [-0.2, -0.15) is 0 Å². The summed E-state index contributed by atoms with van der Waals surface area (Å²) in [6.45, 7) is 0. The highest BCUT2D eigenvalue weighted by Gasteiger charge is 2.21. The zero-order valence-corrected chi connectivity index (χ0v) is 27.3. The van der Waals surface area contributed by atoms with Crippen molar-refractivity contribution >= 4 is 81.3 Å². The van der Waals surface area contributed by atoms with Crippen molar-refractivity contribution in [2.24, 2.45) is 0 Å². The van der Waals surface area contributed by atoms with E-state index in [4.69, 9.17) is 4.42 Å². The average Bonchev–Trinajstić information content (AvgIpc) is 3.74. The molecule has 0 fully saturated rings. The highest BCUT2D eigenvalue weighted by molar-refractivity contribution is 7.25. The third kappa shape index (κ3) is 4.55. The van der Waals surface area contributed by atoms with Crippen LogP contribution in [0, 0.1) is 0 Å². The van der Waals surface area contributed by atoms with Gasteiger partial charge in [-0.05, 0) is 65.0 Å². The smallest absolute Gasteiger partial charge is 0.143 e. The second kappa shape index (κ2) is 11.2. The van der Waals surface area contributed by atoms with E-state index in [0.29, 0.717) is 0 Å². The van der Waals surface area contributed by atoms with E-state index in [1.807, 2.05) is 23.5 Å². The zero-order valence-electron chi connectivity index (χ0n) is 26.5. The highest BCUT2D eigenvalue weighted by atomic mass is 32.1. The van der Waals surface area contributed by atoms with E-state index < -0.39 is 0 Å². The van der Waals surface area contributed by atoms with Crippen LogP contribution in [0.3, 0.4) is 0 Å². The Morgan fingerprint density at radius 2 is 1.04 bits per heavy atom. The first-order chi connectivity index (χ1) is 24.3. The first-order valence-corrected chi connectivity index (χ1v) is 17.4. The molecule has 230 valence electrons. The van der Waals surface area contributed by atoms with Gasteiger partial charge in [0.2, 0.25) is 0 Å². The summed E-state index contributed by atoms with van der Waals surface area (Å²) in [5.74, 6) is 0. The van der Waals surface area contributed by atoms with E-state index in [1.165, 1.54) is 42.1 Å². The van der Waals surface area contributed by atoms with Crippen LogP contribution in [0.25, 0.3) is 75.1 Å². The number of hydrogen-bond donors (Lipinski definition) is 0. The van der Waals surface area contributed by atoms with Crippen LogP contribution in [0.15, 0.2) is 180 Å². The molecule has 0 spiro atoms. The molecule has 0 bridgehead atoms. The molecule has 0 unspecified atom stereocenters. The molecular weight excluding hydrogens is 615 g/mol. The van der Waals surface area contributed by atoms with Crippen LogP contribution >= 0.6 is 11.3 Å². The second-order valence-electron chi connectivity index (χ2n) is 12.5. The third-order valence-corrected chi connectivity index (χ3v) is 10.8.